The van der Waals surface area contributed by atoms with Crippen LogP contribution in [0.5, 0.6) is 11.5 Å². The number of hydrogen-bond acceptors (Lipinski definition) is 2. The molecule has 0 aromatic heterocycles. The maximum Gasteiger partial charge on any atom is 0.166 e. The van der Waals surface area contributed by atoms with E-state index in [9.17, 15) is 13.2 Å². The van der Waals surface area contributed by atoms with Gasteiger partial charge in [-0.25, -0.2) is 13.2 Å². The van der Waals surface area contributed by atoms with Crippen molar-refractivity contribution in [2.45, 2.75) is 71.3 Å². The predicted octanol–water partition coefficient (Wildman–Crippen LogP) is 9.21. The Balaban J connectivity index is 1.37. The maximum atomic E-state index is 15.0. The number of benzene rings is 3. The molecule has 0 saturated heterocycles. The van der Waals surface area contributed by atoms with Gasteiger partial charge in [-0.15, -0.1) is 0 Å². The molecule has 1 fully saturated rings. The molecule has 2 nitrogen and oxygen atoms in total. The third-order valence-corrected chi connectivity index (χ3v) is 7.17. The molecule has 0 unspecified atom stereocenters. The minimum atomic E-state index is -0.807. The molecule has 192 valence electrons. The Kier molecular flexibility index (Phi) is 8.95. The molecule has 1 aliphatic carbocycles. The fraction of sp³-hybridized carbons (Fsp3) is 0.419. The summed E-state index contributed by atoms with van der Waals surface area (Å²) in [6.07, 6.45) is 7.04. The number of hydrogen-bond donors (Lipinski definition) is 0. The highest BCUT2D eigenvalue weighted by molar-refractivity contribution is 5.65. The van der Waals surface area contributed by atoms with E-state index in [1.807, 2.05) is 0 Å². The summed E-state index contributed by atoms with van der Waals surface area (Å²) < 4.78 is 55.7. The maximum absolute atomic E-state index is 15.0. The largest absolute Gasteiger partial charge is 0.493 e. The number of rotatable bonds is 10. The Hall–Kier alpha value is -2.95. The number of ether oxygens (including phenoxy) is 2. The van der Waals surface area contributed by atoms with Gasteiger partial charge in [-0.05, 0) is 66.5 Å². The average Bonchev–Trinajstić information content (AvgIpc) is 2.89. The molecule has 0 aliphatic heterocycles. The first-order chi connectivity index (χ1) is 17.5. The Labute approximate surface area is 212 Å². The van der Waals surface area contributed by atoms with Gasteiger partial charge >= 0.3 is 0 Å². The average molecular weight is 497 g/mol. The van der Waals surface area contributed by atoms with Gasteiger partial charge in [0.2, 0.25) is 0 Å². The summed E-state index contributed by atoms with van der Waals surface area (Å²) in [7, 11) is 0. The highest BCUT2D eigenvalue weighted by Gasteiger charge is 2.25. The molecule has 4 rings (SSSR count). The van der Waals surface area contributed by atoms with Gasteiger partial charge in [0.05, 0.1) is 6.61 Å². The quantitative estimate of drug-likeness (QED) is 0.261. The van der Waals surface area contributed by atoms with Crippen LogP contribution in [0.4, 0.5) is 13.2 Å². The van der Waals surface area contributed by atoms with Gasteiger partial charge in [-0.2, -0.15) is 0 Å². The van der Waals surface area contributed by atoms with Crippen LogP contribution in [-0.4, -0.2) is 6.61 Å². The molecule has 0 radical (unpaired) electrons. The van der Waals surface area contributed by atoms with Crippen molar-refractivity contribution >= 4 is 0 Å². The molecule has 5 heteroatoms. The third kappa shape index (κ3) is 6.43. The molecule has 3 aromatic rings. The normalized spacial score (nSPS) is 17.7. The lowest BCUT2D eigenvalue weighted by molar-refractivity contribution is 0.294. The van der Waals surface area contributed by atoms with Crippen LogP contribution in [0.25, 0.3) is 11.1 Å². The topological polar surface area (TPSA) is 18.5 Å². The molecule has 0 atom stereocenters. The van der Waals surface area contributed by atoms with Gasteiger partial charge in [-0.3, -0.25) is 0 Å². The molecule has 0 bridgehead atoms. The van der Waals surface area contributed by atoms with Crippen LogP contribution in [0.2, 0.25) is 0 Å². The zero-order chi connectivity index (χ0) is 25.5. The lowest BCUT2D eigenvalue weighted by Crippen LogP contribution is -2.13. The Bertz CT molecular complexity index is 1140. The van der Waals surface area contributed by atoms with E-state index in [2.05, 4.69) is 13.8 Å². The van der Waals surface area contributed by atoms with Crippen molar-refractivity contribution in [3.63, 3.8) is 0 Å². The van der Waals surface area contributed by atoms with Gasteiger partial charge in [0, 0.05) is 17.2 Å². The summed E-state index contributed by atoms with van der Waals surface area (Å²) in [4.78, 5) is 0. The van der Waals surface area contributed by atoms with E-state index < -0.39 is 11.6 Å². The van der Waals surface area contributed by atoms with E-state index in [0.717, 1.165) is 44.9 Å². The van der Waals surface area contributed by atoms with E-state index in [0.29, 0.717) is 40.7 Å². The molecule has 1 saturated carbocycles. The van der Waals surface area contributed by atoms with Crippen molar-refractivity contribution < 1.29 is 22.6 Å². The summed E-state index contributed by atoms with van der Waals surface area (Å²) in [6, 6.07) is 14.9. The van der Waals surface area contributed by atoms with E-state index in [1.165, 1.54) is 6.07 Å². The number of halogens is 3. The second-order valence-electron chi connectivity index (χ2n) is 9.91. The lowest BCUT2D eigenvalue weighted by atomic mass is 9.79. The van der Waals surface area contributed by atoms with Crippen LogP contribution < -0.4 is 9.47 Å². The van der Waals surface area contributed by atoms with Crippen LogP contribution in [0.15, 0.2) is 54.6 Å². The SMILES string of the molecule is CCCCCOc1ccc(COc2ccc(-c3ccc(C4CCC(C)CC4)c(F)c3F)cc2)c(F)c1. The van der Waals surface area contributed by atoms with Crippen LogP contribution in [0, 0.1) is 23.4 Å². The van der Waals surface area contributed by atoms with Crippen molar-refractivity contribution in [2.75, 3.05) is 6.61 Å². The summed E-state index contributed by atoms with van der Waals surface area (Å²) in [5.41, 5.74) is 1.70. The molecule has 0 heterocycles. The van der Waals surface area contributed by atoms with Gasteiger partial charge in [0.25, 0.3) is 0 Å². The highest BCUT2D eigenvalue weighted by Crippen LogP contribution is 2.39. The summed E-state index contributed by atoms with van der Waals surface area (Å²) in [6.45, 7) is 4.96. The van der Waals surface area contributed by atoms with E-state index in [1.54, 1.807) is 48.5 Å². The van der Waals surface area contributed by atoms with Gasteiger partial charge in [0.1, 0.15) is 23.9 Å². The van der Waals surface area contributed by atoms with Crippen molar-refractivity contribution in [2.24, 2.45) is 5.92 Å². The van der Waals surface area contributed by atoms with Crippen molar-refractivity contribution in [3.05, 3.63) is 83.2 Å². The zero-order valence-electron chi connectivity index (χ0n) is 21.2. The summed E-state index contributed by atoms with van der Waals surface area (Å²) in [5.74, 6) is -0.159. The van der Waals surface area contributed by atoms with E-state index in [-0.39, 0.29) is 23.9 Å². The van der Waals surface area contributed by atoms with Crippen molar-refractivity contribution in [1.29, 1.82) is 0 Å². The zero-order valence-corrected chi connectivity index (χ0v) is 21.2. The fourth-order valence-corrected chi connectivity index (χ4v) is 4.84. The van der Waals surface area contributed by atoms with Crippen LogP contribution in [0.3, 0.4) is 0 Å². The Morgan fingerprint density at radius 1 is 0.778 bits per heavy atom. The smallest absolute Gasteiger partial charge is 0.166 e. The molecule has 3 aromatic carbocycles. The molecule has 36 heavy (non-hydrogen) atoms. The number of unbranched alkanes of at least 4 members (excludes halogenated alkanes) is 2. The minimum absolute atomic E-state index is 0.0546. The first kappa shape index (κ1) is 26.1. The monoisotopic (exact) mass is 496 g/mol. The summed E-state index contributed by atoms with van der Waals surface area (Å²) >= 11 is 0. The van der Waals surface area contributed by atoms with Gasteiger partial charge in [-0.1, -0.05) is 63.8 Å². The standard InChI is InChI=1S/C31H35F3O2/c1-3-4-5-18-35-26-15-12-24(29(32)19-26)20-36-25-13-10-23(11-14-25)28-17-16-27(30(33)31(28)34)22-8-6-21(2)7-9-22/h10-17,19,21-22H,3-9,18,20H2,1-2H3. The second kappa shape index (κ2) is 12.3. The first-order valence-corrected chi connectivity index (χ1v) is 13.1. The van der Waals surface area contributed by atoms with Crippen LogP contribution in [-0.2, 0) is 6.61 Å². The second-order valence-corrected chi connectivity index (χ2v) is 9.91. The minimum Gasteiger partial charge on any atom is -0.493 e. The molecular weight excluding hydrogens is 461 g/mol. The summed E-state index contributed by atoms with van der Waals surface area (Å²) in [5, 5.41) is 0. The van der Waals surface area contributed by atoms with Gasteiger partial charge < -0.3 is 9.47 Å². The first-order valence-electron chi connectivity index (χ1n) is 13.1. The van der Waals surface area contributed by atoms with Crippen LogP contribution >= 0.6 is 0 Å². The lowest BCUT2D eigenvalue weighted by Gasteiger charge is -2.27. The van der Waals surface area contributed by atoms with Crippen molar-refractivity contribution in [1.82, 2.24) is 0 Å². The molecule has 0 amide bonds. The Morgan fingerprint density at radius 2 is 1.50 bits per heavy atom. The van der Waals surface area contributed by atoms with E-state index in [4.69, 9.17) is 9.47 Å². The van der Waals surface area contributed by atoms with Crippen molar-refractivity contribution in [3.8, 4) is 22.6 Å². The predicted molar refractivity (Wildman–Crippen MR) is 138 cm³/mol. The van der Waals surface area contributed by atoms with E-state index >= 15 is 0 Å². The highest BCUT2D eigenvalue weighted by atomic mass is 19.2. The molecule has 0 spiro atoms. The Morgan fingerprint density at radius 3 is 2.19 bits per heavy atom. The third-order valence-electron chi connectivity index (χ3n) is 7.17. The molecule has 1 aliphatic rings. The van der Waals surface area contributed by atoms with Crippen LogP contribution in [0.1, 0.15) is 75.8 Å². The fourth-order valence-electron chi connectivity index (χ4n) is 4.84. The molecule has 0 N–H and O–H groups in total. The molecular formula is C31H35F3O2. The van der Waals surface area contributed by atoms with Gasteiger partial charge in [0.15, 0.2) is 11.6 Å².